The van der Waals surface area contributed by atoms with Crippen LogP contribution in [0.2, 0.25) is 0 Å². The van der Waals surface area contributed by atoms with Crippen molar-refractivity contribution in [2.45, 2.75) is 26.2 Å². The van der Waals surface area contributed by atoms with Crippen LogP contribution in [-0.4, -0.2) is 11.1 Å². The predicted octanol–water partition coefficient (Wildman–Crippen LogP) is 2.37. The Bertz CT molecular complexity index is 238. The van der Waals surface area contributed by atoms with Gasteiger partial charge in [-0.05, 0) is 24.8 Å². The smallest absolute Gasteiger partial charge is 0.307 e. The molecule has 12 heavy (non-hydrogen) atoms. The van der Waals surface area contributed by atoms with Gasteiger partial charge in [-0.1, -0.05) is 25.2 Å². The Morgan fingerprint density at radius 3 is 2.75 bits per heavy atom. The van der Waals surface area contributed by atoms with Gasteiger partial charge in [-0.25, -0.2) is 0 Å². The fourth-order valence-electron chi connectivity index (χ4n) is 1.68. The van der Waals surface area contributed by atoms with Crippen molar-refractivity contribution in [3.05, 3.63) is 23.8 Å². The molecule has 1 atom stereocenters. The normalized spacial score (nSPS) is 22.9. The number of carboxylic acids is 1. The monoisotopic (exact) mass is 166 g/mol. The first-order valence-electron chi connectivity index (χ1n) is 4.25. The van der Waals surface area contributed by atoms with Crippen LogP contribution in [0.15, 0.2) is 23.8 Å². The Hall–Kier alpha value is -1.05. The van der Waals surface area contributed by atoms with Crippen LogP contribution in [0.5, 0.6) is 0 Å². The van der Waals surface area contributed by atoms with E-state index in [2.05, 4.69) is 13.5 Å². The summed E-state index contributed by atoms with van der Waals surface area (Å²) in [6, 6.07) is 0. The van der Waals surface area contributed by atoms with Gasteiger partial charge in [0.25, 0.3) is 0 Å². The van der Waals surface area contributed by atoms with Crippen LogP contribution in [0.25, 0.3) is 0 Å². The van der Waals surface area contributed by atoms with Crippen LogP contribution in [0.1, 0.15) is 26.2 Å². The minimum atomic E-state index is -0.683. The molecule has 0 heterocycles. The van der Waals surface area contributed by atoms with Gasteiger partial charge in [0.15, 0.2) is 0 Å². The van der Waals surface area contributed by atoms with E-state index in [4.69, 9.17) is 5.11 Å². The molecule has 0 radical (unpaired) electrons. The van der Waals surface area contributed by atoms with Gasteiger partial charge in [0.1, 0.15) is 0 Å². The van der Waals surface area contributed by atoms with Gasteiger partial charge in [-0.2, -0.15) is 0 Å². The van der Waals surface area contributed by atoms with Gasteiger partial charge < -0.3 is 5.11 Å². The Balaban J connectivity index is 2.71. The minimum absolute atomic E-state index is 0.201. The van der Waals surface area contributed by atoms with E-state index in [1.54, 1.807) is 6.08 Å². The van der Waals surface area contributed by atoms with Gasteiger partial charge in [-0.3, -0.25) is 4.79 Å². The molecule has 1 N–H and O–H groups in total. The lowest BCUT2D eigenvalue weighted by Crippen LogP contribution is -2.09. The van der Waals surface area contributed by atoms with Gasteiger partial charge in [0, 0.05) is 0 Å². The Morgan fingerprint density at radius 2 is 2.42 bits per heavy atom. The number of carboxylic acid groups (broad SMARTS) is 1. The molecule has 1 aliphatic rings. The molecule has 1 aliphatic carbocycles. The summed E-state index contributed by atoms with van der Waals surface area (Å²) in [5, 5.41) is 8.78. The molecule has 0 aromatic carbocycles. The first kappa shape index (κ1) is 9.04. The van der Waals surface area contributed by atoms with Gasteiger partial charge >= 0.3 is 5.97 Å². The molecule has 1 unspecified atom stereocenters. The van der Waals surface area contributed by atoms with E-state index in [9.17, 15) is 4.79 Å². The molecule has 2 heteroatoms. The minimum Gasteiger partial charge on any atom is -0.481 e. The molecule has 0 saturated carbocycles. The second-order valence-corrected chi connectivity index (χ2v) is 3.13. The number of allylic oxidation sites excluding steroid dienone is 3. The summed E-state index contributed by atoms with van der Waals surface area (Å²) >= 11 is 0. The highest BCUT2D eigenvalue weighted by Gasteiger charge is 2.26. The first-order valence-corrected chi connectivity index (χ1v) is 4.25. The molecule has 0 spiro atoms. The van der Waals surface area contributed by atoms with Gasteiger partial charge in [-0.15, -0.1) is 0 Å². The SMILES string of the molecule is C=CC1=C(CC)CC(C(=O)O)C1. The molecule has 1 rings (SSSR count). The Labute approximate surface area is 72.6 Å². The zero-order valence-electron chi connectivity index (χ0n) is 7.34. The average molecular weight is 166 g/mol. The number of hydrogen-bond acceptors (Lipinski definition) is 1. The van der Waals surface area contributed by atoms with E-state index in [1.807, 2.05) is 0 Å². The third-order valence-corrected chi connectivity index (χ3v) is 2.44. The van der Waals surface area contributed by atoms with E-state index >= 15 is 0 Å². The van der Waals surface area contributed by atoms with Crippen molar-refractivity contribution in [1.82, 2.24) is 0 Å². The van der Waals surface area contributed by atoms with Crippen LogP contribution >= 0.6 is 0 Å². The number of carbonyl (C=O) groups is 1. The number of rotatable bonds is 3. The predicted molar refractivity (Wildman–Crippen MR) is 47.9 cm³/mol. The summed E-state index contributed by atoms with van der Waals surface area (Å²) in [7, 11) is 0. The molecule has 0 aromatic rings. The molecule has 0 aromatic heterocycles. The summed E-state index contributed by atoms with van der Waals surface area (Å²) in [5.41, 5.74) is 2.40. The summed E-state index contributed by atoms with van der Waals surface area (Å²) < 4.78 is 0. The highest BCUT2D eigenvalue weighted by atomic mass is 16.4. The standard InChI is InChI=1S/C10H14O2/c1-3-7-5-9(10(11)12)6-8(7)4-2/h3,9H,1,4-6H2,2H3,(H,11,12). The van der Waals surface area contributed by atoms with Gasteiger partial charge in [0.05, 0.1) is 5.92 Å². The maximum atomic E-state index is 10.7. The lowest BCUT2D eigenvalue weighted by atomic mass is 10.1. The molecule has 0 amide bonds. The number of aliphatic carboxylic acids is 1. The first-order chi connectivity index (χ1) is 5.69. The molecule has 0 bridgehead atoms. The molecule has 0 aliphatic heterocycles. The topological polar surface area (TPSA) is 37.3 Å². The quantitative estimate of drug-likeness (QED) is 0.698. The Kier molecular flexibility index (Phi) is 2.69. The lowest BCUT2D eigenvalue weighted by Gasteiger charge is -2.01. The van der Waals surface area contributed by atoms with E-state index in [0.29, 0.717) is 12.8 Å². The van der Waals surface area contributed by atoms with Crippen LogP contribution in [0, 0.1) is 5.92 Å². The van der Waals surface area contributed by atoms with Crippen molar-refractivity contribution in [3.8, 4) is 0 Å². The van der Waals surface area contributed by atoms with E-state index < -0.39 is 5.97 Å². The summed E-state index contributed by atoms with van der Waals surface area (Å²) in [6.07, 6.45) is 4.13. The largest absolute Gasteiger partial charge is 0.481 e. The van der Waals surface area contributed by atoms with Crippen molar-refractivity contribution < 1.29 is 9.90 Å². The maximum Gasteiger partial charge on any atom is 0.307 e. The lowest BCUT2D eigenvalue weighted by molar-refractivity contribution is -0.141. The van der Waals surface area contributed by atoms with Crippen LogP contribution in [0.4, 0.5) is 0 Å². The third kappa shape index (κ3) is 1.58. The number of hydrogen-bond donors (Lipinski definition) is 1. The third-order valence-electron chi connectivity index (χ3n) is 2.44. The van der Waals surface area contributed by atoms with Crippen molar-refractivity contribution >= 4 is 5.97 Å². The molecular weight excluding hydrogens is 152 g/mol. The summed E-state index contributed by atoms with van der Waals surface area (Å²) in [5.74, 6) is -0.884. The molecule has 0 fully saturated rings. The van der Waals surface area contributed by atoms with Gasteiger partial charge in [0.2, 0.25) is 0 Å². The fraction of sp³-hybridized carbons (Fsp3) is 0.500. The second-order valence-electron chi connectivity index (χ2n) is 3.13. The van der Waals surface area contributed by atoms with Crippen LogP contribution < -0.4 is 0 Å². The average Bonchev–Trinajstić information content (AvgIpc) is 2.46. The van der Waals surface area contributed by atoms with Crippen molar-refractivity contribution in [3.63, 3.8) is 0 Å². The highest BCUT2D eigenvalue weighted by Crippen LogP contribution is 2.33. The zero-order chi connectivity index (χ0) is 9.14. The second kappa shape index (κ2) is 3.57. The van der Waals surface area contributed by atoms with Crippen molar-refractivity contribution in [2.75, 3.05) is 0 Å². The van der Waals surface area contributed by atoms with Crippen molar-refractivity contribution in [1.29, 1.82) is 0 Å². The zero-order valence-corrected chi connectivity index (χ0v) is 7.34. The molecule has 0 saturated heterocycles. The van der Waals surface area contributed by atoms with Crippen LogP contribution in [0.3, 0.4) is 0 Å². The highest BCUT2D eigenvalue weighted by molar-refractivity contribution is 5.72. The summed E-state index contributed by atoms with van der Waals surface area (Å²) in [6.45, 7) is 5.74. The van der Waals surface area contributed by atoms with Crippen molar-refractivity contribution in [2.24, 2.45) is 5.92 Å². The van der Waals surface area contributed by atoms with E-state index in [-0.39, 0.29) is 5.92 Å². The summed E-state index contributed by atoms with van der Waals surface area (Å²) in [4.78, 5) is 10.7. The molecule has 2 nitrogen and oxygen atoms in total. The van der Waals surface area contributed by atoms with E-state index in [0.717, 1.165) is 12.0 Å². The maximum absolute atomic E-state index is 10.7. The molecule has 66 valence electrons. The van der Waals surface area contributed by atoms with Crippen LogP contribution in [-0.2, 0) is 4.79 Å². The fourth-order valence-corrected chi connectivity index (χ4v) is 1.68. The Morgan fingerprint density at radius 1 is 1.75 bits per heavy atom. The van der Waals surface area contributed by atoms with E-state index in [1.165, 1.54) is 5.57 Å². The molecular formula is C10H14O2.